The number of benzene rings is 2. The maximum Gasteiger partial charge on any atom is 0.332 e. The van der Waals surface area contributed by atoms with Crippen LogP contribution < -0.4 is 11.2 Å². The molecule has 4 aromatic rings. The van der Waals surface area contributed by atoms with Crippen molar-refractivity contribution in [2.75, 3.05) is 0 Å². The van der Waals surface area contributed by atoms with Crippen LogP contribution in [-0.2, 0) is 14.1 Å². The lowest BCUT2D eigenvalue weighted by Gasteiger charge is -2.18. The maximum atomic E-state index is 13.3. The van der Waals surface area contributed by atoms with Crippen LogP contribution in [-0.4, -0.2) is 19.2 Å². The molecule has 0 unspecified atom stereocenters. The number of rotatable bonds is 1. The molecule has 0 amide bonds. The second-order valence-electron chi connectivity index (χ2n) is 8.02. The van der Waals surface area contributed by atoms with E-state index in [-0.39, 0.29) is 0 Å². The van der Waals surface area contributed by atoms with Crippen molar-refractivity contribution in [3.8, 4) is 22.4 Å². The molecule has 2 aromatic carbocycles. The third-order valence-electron chi connectivity index (χ3n) is 5.92. The second-order valence-corrected chi connectivity index (χ2v) is 8.02. The van der Waals surface area contributed by atoms with Crippen molar-refractivity contribution < 1.29 is 5.11 Å². The zero-order valence-electron chi connectivity index (χ0n) is 17.2. The average molecular weight is 399 g/mol. The van der Waals surface area contributed by atoms with Crippen LogP contribution in [0.25, 0.3) is 33.4 Å². The summed E-state index contributed by atoms with van der Waals surface area (Å²) in [6.45, 7) is 4.00. The van der Waals surface area contributed by atoms with Gasteiger partial charge in [-0.2, -0.15) is 0 Å². The molecule has 6 nitrogen and oxygen atoms in total. The molecule has 0 saturated carbocycles. The average Bonchev–Trinajstić information content (AvgIpc) is 3.01. The van der Waals surface area contributed by atoms with E-state index in [9.17, 15) is 14.7 Å². The van der Waals surface area contributed by atoms with Gasteiger partial charge >= 0.3 is 5.69 Å². The molecule has 0 saturated heterocycles. The molecule has 0 fully saturated rings. The summed E-state index contributed by atoms with van der Waals surface area (Å²) in [5.74, 6) is 0. The fraction of sp³-hybridized carbons (Fsp3) is 0.208. The topological polar surface area (TPSA) is 77.1 Å². The molecule has 30 heavy (non-hydrogen) atoms. The van der Waals surface area contributed by atoms with Gasteiger partial charge in [-0.1, -0.05) is 53.6 Å². The number of aliphatic hydroxyl groups excluding tert-OH is 1. The number of aliphatic hydroxyl groups is 1. The third kappa shape index (κ3) is 2.37. The first-order chi connectivity index (χ1) is 14.3. The van der Waals surface area contributed by atoms with Crippen LogP contribution in [0.5, 0.6) is 0 Å². The Morgan fingerprint density at radius 3 is 2.33 bits per heavy atom. The van der Waals surface area contributed by atoms with Crippen molar-refractivity contribution in [3.05, 3.63) is 85.6 Å². The van der Waals surface area contributed by atoms with Gasteiger partial charge in [0.25, 0.3) is 5.56 Å². The first-order valence-electron chi connectivity index (χ1n) is 9.79. The van der Waals surface area contributed by atoms with Crippen molar-refractivity contribution >= 4 is 11.0 Å². The highest BCUT2D eigenvalue weighted by Gasteiger charge is 2.34. The smallest absolute Gasteiger partial charge is 0.332 e. The highest BCUT2D eigenvalue weighted by Crippen LogP contribution is 2.48. The summed E-state index contributed by atoms with van der Waals surface area (Å²) >= 11 is 0. The predicted octanol–water partition coefficient (Wildman–Crippen LogP) is 2.98. The maximum absolute atomic E-state index is 13.3. The van der Waals surface area contributed by atoms with Gasteiger partial charge in [-0.15, -0.1) is 0 Å². The predicted molar refractivity (Wildman–Crippen MR) is 117 cm³/mol. The Labute approximate surface area is 172 Å². The Balaban J connectivity index is 2.07. The van der Waals surface area contributed by atoms with Crippen molar-refractivity contribution in [2.24, 2.45) is 14.1 Å². The Bertz CT molecular complexity index is 1470. The van der Waals surface area contributed by atoms with Crippen LogP contribution in [0, 0.1) is 13.8 Å². The van der Waals surface area contributed by atoms with E-state index in [0.717, 1.165) is 32.4 Å². The standard InChI is InChI=1S/C24H21N3O3/c1-12-9-13(2)11-14(10-12)17-18-20(15-7-5-6-8-16(15)21(18)28)25-22-19(17)23(29)27(4)24(30)26(22)3/h5-11,21,28H,1-4H3/t21-/m0/s1. The quantitative estimate of drug-likeness (QED) is 0.534. The van der Waals surface area contributed by atoms with E-state index in [4.69, 9.17) is 4.98 Å². The minimum Gasteiger partial charge on any atom is -0.384 e. The van der Waals surface area contributed by atoms with Crippen LogP contribution in [0.4, 0.5) is 0 Å². The molecule has 150 valence electrons. The number of hydrogen-bond acceptors (Lipinski definition) is 4. The van der Waals surface area contributed by atoms with E-state index < -0.39 is 17.4 Å². The fourth-order valence-corrected chi connectivity index (χ4v) is 4.60. The minimum absolute atomic E-state index is 0.319. The molecular weight excluding hydrogens is 378 g/mol. The van der Waals surface area contributed by atoms with Crippen molar-refractivity contribution in [3.63, 3.8) is 0 Å². The summed E-state index contributed by atoms with van der Waals surface area (Å²) in [6, 6.07) is 13.6. The molecule has 1 N–H and O–H groups in total. The summed E-state index contributed by atoms with van der Waals surface area (Å²) in [7, 11) is 3.08. The van der Waals surface area contributed by atoms with Gasteiger partial charge in [0, 0.05) is 30.8 Å². The van der Waals surface area contributed by atoms with E-state index in [2.05, 4.69) is 6.07 Å². The lowest BCUT2D eigenvalue weighted by Crippen LogP contribution is -2.37. The van der Waals surface area contributed by atoms with E-state index in [0.29, 0.717) is 27.9 Å². The monoisotopic (exact) mass is 399 g/mol. The lowest BCUT2D eigenvalue weighted by molar-refractivity contribution is 0.225. The van der Waals surface area contributed by atoms with Crippen LogP contribution in [0.3, 0.4) is 0 Å². The number of aromatic nitrogens is 3. The van der Waals surface area contributed by atoms with E-state index >= 15 is 0 Å². The number of nitrogens with zero attached hydrogens (tertiary/aromatic N) is 3. The van der Waals surface area contributed by atoms with Crippen molar-refractivity contribution in [1.29, 1.82) is 0 Å². The zero-order chi connectivity index (χ0) is 21.3. The fourth-order valence-electron chi connectivity index (χ4n) is 4.60. The van der Waals surface area contributed by atoms with Crippen molar-refractivity contribution in [2.45, 2.75) is 20.0 Å². The van der Waals surface area contributed by atoms with Gasteiger partial charge in [0.05, 0.1) is 11.1 Å². The van der Waals surface area contributed by atoms with Gasteiger partial charge in [0.2, 0.25) is 0 Å². The highest BCUT2D eigenvalue weighted by atomic mass is 16.3. The molecule has 2 aromatic heterocycles. The Hall–Kier alpha value is -3.51. The van der Waals surface area contributed by atoms with Crippen molar-refractivity contribution in [1.82, 2.24) is 14.1 Å². The molecule has 0 spiro atoms. The van der Waals surface area contributed by atoms with E-state index in [1.165, 1.54) is 11.6 Å². The molecule has 6 heteroatoms. The first kappa shape index (κ1) is 18.5. The number of fused-ring (bicyclic) bond motifs is 4. The summed E-state index contributed by atoms with van der Waals surface area (Å²) in [4.78, 5) is 30.6. The minimum atomic E-state index is -0.897. The SMILES string of the molecule is Cc1cc(C)cc(-c2c3c(nc4c2c(=O)n(C)c(=O)n4C)-c2ccccc2[C@@H]3O)c1. The molecule has 5 rings (SSSR count). The Kier molecular flexibility index (Phi) is 3.85. The Morgan fingerprint density at radius 2 is 1.63 bits per heavy atom. The van der Waals surface area contributed by atoms with Gasteiger partial charge in [0.1, 0.15) is 6.10 Å². The zero-order valence-corrected chi connectivity index (χ0v) is 17.2. The molecule has 1 aliphatic rings. The number of aryl methyl sites for hydroxylation is 3. The Morgan fingerprint density at radius 1 is 0.967 bits per heavy atom. The van der Waals surface area contributed by atoms with Crippen LogP contribution in [0.2, 0.25) is 0 Å². The van der Waals surface area contributed by atoms with Gasteiger partial charge in [-0.3, -0.25) is 13.9 Å². The van der Waals surface area contributed by atoms with Gasteiger partial charge < -0.3 is 5.11 Å². The third-order valence-corrected chi connectivity index (χ3v) is 5.92. The van der Waals surface area contributed by atoms with Crippen LogP contribution in [0.1, 0.15) is 28.4 Å². The van der Waals surface area contributed by atoms with Crippen LogP contribution >= 0.6 is 0 Å². The highest BCUT2D eigenvalue weighted by molar-refractivity contribution is 6.00. The lowest BCUT2D eigenvalue weighted by atomic mass is 9.92. The van der Waals surface area contributed by atoms with E-state index in [1.807, 2.05) is 50.2 Å². The molecule has 2 heterocycles. The number of pyridine rings is 1. The normalized spacial score (nSPS) is 14.8. The summed E-state index contributed by atoms with van der Waals surface area (Å²) in [5, 5.41) is 11.6. The summed E-state index contributed by atoms with van der Waals surface area (Å²) in [6.07, 6.45) is -0.897. The second kappa shape index (κ2) is 6.24. The molecule has 0 bridgehead atoms. The molecular formula is C24H21N3O3. The van der Waals surface area contributed by atoms with E-state index in [1.54, 1.807) is 7.05 Å². The molecule has 0 aliphatic heterocycles. The summed E-state index contributed by atoms with van der Waals surface area (Å²) in [5.41, 5.74) is 5.85. The molecule has 1 aliphatic carbocycles. The first-order valence-corrected chi connectivity index (χ1v) is 9.79. The molecule has 0 radical (unpaired) electrons. The largest absolute Gasteiger partial charge is 0.384 e. The summed E-state index contributed by atoms with van der Waals surface area (Å²) < 4.78 is 2.49. The van der Waals surface area contributed by atoms with Gasteiger partial charge in [0.15, 0.2) is 5.65 Å². The van der Waals surface area contributed by atoms with Gasteiger partial charge in [-0.05, 0) is 25.0 Å². The number of hydrogen-bond donors (Lipinski definition) is 1. The van der Waals surface area contributed by atoms with Gasteiger partial charge in [-0.25, -0.2) is 9.78 Å². The van der Waals surface area contributed by atoms with Crippen LogP contribution in [0.15, 0.2) is 52.1 Å². The molecule has 1 atom stereocenters.